The summed E-state index contributed by atoms with van der Waals surface area (Å²) in [6, 6.07) is 14.1. The van der Waals surface area contributed by atoms with E-state index in [9.17, 15) is 22.0 Å². The van der Waals surface area contributed by atoms with Gasteiger partial charge >= 0.3 is 0 Å². The molecule has 4 rings (SSSR count). The minimum Gasteiger partial charge on any atom is -0.206 e. The van der Waals surface area contributed by atoms with Crippen molar-refractivity contribution in [3.05, 3.63) is 106 Å². The molecule has 0 fully saturated rings. The van der Waals surface area contributed by atoms with E-state index in [-0.39, 0.29) is 16.3 Å². The molecular formula is C25H13F5. The lowest BCUT2D eigenvalue weighted by molar-refractivity contribution is 0.453. The molecule has 4 aromatic carbocycles. The summed E-state index contributed by atoms with van der Waals surface area (Å²) in [6.07, 6.45) is 0. The van der Waals surface area contributed by atoms with Crippen LogP contribution in [0.3, 0.4) is 0 Å². The van der Waals surface area contributed by atoms with Crippen molar-refractivity contribution in [1.29, 1.82) is 0 Å². The molecule has 5 heteroatoms. The Morgan fingerprint density at radius 1 is 0.600 bits per heavy atom. The van der Waals surface area contributed by atoms with Crippen LogP contribution in [0.2, 0.25) is 0 Å². The smallest absolute Gasteiger partial charge is 0.195 e. The lowest BCUT2D eigenvalue weighted by atomic mass is 10.0. The molecule has 148 valence electrons. The number of hydrogen-bond donors (Lipinski definition) is 0. The fourth-order valence-corrected chi connectivity index (χ4v) is 3.22. The van der Waals surface area contributed by atoms with Gasteiger partial charge in [0, 0.05) is 16.5 Å². The third-order valence-electron chi connectivity index (χ3n) is 4.68. The first-order valence-corrected chi connectivity index (χ1v) is 8.99. The average molecular weight is 408 g/mol. The van der Waals surface area contributed by atoms with Crippen molar-refractivity contribution < 1.29 is 22.0 Å². The minimum atomic E-state index is -1.51. The molecule has 0 atom stereocenters. The predicted molar refractivity (Wildman–Crippen MR) is 106 cm³/mol. The van der Waals surface area contributed by atoms with Gasteiger partial charge in [-0.1, -0.05) is 30.0 Å². The Morgan fingerprint density at radius 3 is 1.87 bits per heavy atom. The van der Waals surface area contributed by atoms with Crippen molar-refractivity contribution in [3.8, 4) is 23.0 Å². The summed E-state index contributed by atoms with van der Waals surface area (Å²) in [5, 5.41) is 0.157. The number of halogens is 5. The zero-order valence-electron chi connectivity index (χ0n) is 15.7. The molecule has 0 aliphatic carbocycles. The first-order chi connectivity index (χ1) is 14.3. The van der Waals surface area contributed by atoms with Crippen LogP contribution in [0.15, 0.2) is 60.7 Å². The summed E-state index contributed by atoms with van der Waals surface area (Å²) in [5.74, 6) is 0.444. The van der Waals surface area contributed by atoms with Crippen LogP contribution in [0.25, 0.3) is 21.9 Å². The highest BCUT2D eigenvalue weighted by Crippen LogP contribution is 2.27. The lowest BCUT2D eigenvalue weighted by Gasteiger charge is -2.06. The van der Waals surface area contributed by atoms with Crippen molar-refractivity contribution in [2.75, 3.05) is 0 Å². The Morgan fingerprint density at radius 2 is 1.20 bits per heavy atom. The highest BCUT2D eigenvalue weighted by atomic mass is 19.2. The first kappa shape index (κ1) is 19.7. The van der Waals surface area contributed by atoms with E-state index in [1.807, 2.05) is 0 Å². The van der Waals surface area contributed by atoms with Gasteiger partial charge in [-0.05, 0) is 65.9 Å². The van der Waals surface area contributed by atoms with E-state index in [0.717, 1.165) is 6.07 Å². The quantitative estimate of drug-likeness (QED) is 0.182. The van der Waals surface area contributed by atoms with Gasteiger partial charge in [0.1, 0.15) is 11.6 Å². The van der Waals surface area contributed by atoms with Crippen molar-refractivity contribution in [1.82, 2.24) is 0 Å². The molecule has 0 heterocycles. The molecule has 0 unspecified atom stereocenters. The van der Waals surface area contributed by atoms with Crippen LogP contribution < -0.4 is 0 Å². The second-order valence-electron chi connectivity index (χ2n) is 6.85. The second kappa shape index (κ2) is 7.64. The molecule has 0 spiro atoms. The molecule has 0 aliphatic heterocycles. The topological polar surface area (TPSA) is 0 Å². The van der Waals surface area contributed by atoms with Gasteiger partial charge in [0.25, 0.3) is 0 Å². The van der Waals surface area contributed by atoms with E-state index in [1.54, 1.807) is 31.2 Å². The highest BCUT2D eigenvalue weighted by Gasteiger charge is 2.14. The van der Waals surface area contributed by atoms with Gasteiger partial charge in [-0.25, -0.2) is 22.0 Å². The van der Waals surface area contributed by atoms with Gasteiger partial charge in [0.05, 0.1) is 5.56 Å². The number of rotatable bonds is 1. The van der Waals surface area contributed by atoms with E-state index < -0.39 is 29.1 Å². The SMILES string of the molecule is Cc1cc(F)c(-c2ccc(C#Cc3ccc4c(F)c(F)c(F)cc4c3)cc2)c(F)c1. The number of benzene rings is 4. The number of fused-ring (bicyclic) bond motifs is 1. The van der Waals surface area contributed by atoms with Gasteiger partial charge < -0.3 is 0 Å². The van der Waals surface area contributed by atoms with Crippen LogP contribution in [0.5, 0.6) is 0 Å². The first-order valence-electron chi connectivity index (χ1n) is 8.99. The van der Waals surface area contributed by atoms with Crippen molar-refractivity contribution in [2.24, 2.45) is 0 Å². The minimum absolute atomic E-state index is 0.0362. The van der Waals surface area contributed by atoms with Gasteiger partial charge in [0.2, 0.25) is 0 Å². The number of aryl methyl sites for hydroxylation is 1. The number of hydrogen-bond acceptors (Lipinski definition) is 0. The molecule has 0 radical (unpaired) electrons. The summed E-state index contributed by atoms with van der Waals surface area (Å²) < 4.78 is 68.8. The summed E-state index contributed by atoms with van der Waals surface area (Å²) in [6.45, 7) is 1.61. The van der Waals surface area contributed by atoms with E-state index >= 15 is 0 Å². The Bertz CT molecular complexity index is 1320. The summed E-state index contributed by atoms with van der Waals surface area (Å²) in [4.78, 5) is 0. The van der Waals surface area contributed by atoms with Gasteiger partial charge in [-0.15, -0.1) is 0 Å². The van der Waals surface area contributed by atoms with Crippen molar-refractivity contribution in [3.63, 3.8) is 0 Å². The van der Waals surface area contributed by atoms with Crippen molar-refractivity contribution >= 4 is 10.8 Å². The third-order valence-corrected chi connectivity index (χ3v) is 4.68. The van der Waals surface area contributed by atoms with Crippen LogP contribution in [-0.2, 0) is 0 Å². The van der Waals surface area contributed by atoms with Crippen LogP contribution in [-0.4, -0.2) is 0 Å². The maximum absolute atomic E-state index is 14.1. The molecular weight excluding hydrogens is 395 g/mol. The molecule has 0 saturated heterocycles. The summed E-state index contributed by atoms with van der Waals surface area (Å²) in [5.41, 5.74) is 1.84. The van der Waals surface area contributed by atoms with Crippen LogP contribution >= 0.6 is 0 Å². The second-order valence-corrected chi connectivity index (χ2v) is 6.85. The van der Waals surface area contributed by atoms with Gasteiger partial charge in [-0.2, -0.15) is 0 Å². The molecule has 0 amide bonds. The Balaban J connectivity index is 1.65. The zero-order chi connectivity index (χ0) is 21.4. The fourth-order valence-electron chi connectivity index (χ4n) is 3.22. The van der Waals surface area contributed by atoms with Crippen LogP contribution in [0, 0.1) is 47.9 Å². The Labute approximate surface area is 169 Å². The van der Waals surface area contributed by atoms with Crippen LogP contribution in [0.4, 0.5) is 22.0 Å². The Kier molecular flexibility index (Phi) is 5.01. The van der Waals surface area contributed by atoms with E-state index in [0.29, 0.717) is 22.3 Å². The molecule has 0 bridgehead atoms. The molecule has 0 saturated carbocycles. The van der Waals surface area contributed by atoms with E-state index in [1.165, 1.54) is 30.3 Å². The van der Waals surface area contributed by atoms with Crippen LogP contribution in [0.1, 0.15) is 16.7 Å². The molecule has 0 aliphatic rings. The summed E-state index contributed by atoms with van der Waals surface area (Å²) in [7, 11) is 0. The standard InChI is InChI=1S/C25H13F5/c1-14-10-20(26)23(21(27)11-14)17-7-4-15(5-8-17)2-3-16-6-9-19-18(12-16)13-22(28)25(30)24(19)29/h4-13H,1H3. The Hall–Kier alpha value is -3.65. The summed E-state index contributed by atoms with van der Waals surface area (Å²) >= 11 is 0. The fraction of sp³-hybridized carbons (Fsp3) is 0.0400. The maximum Gasteiger partial charge on any atom is 0.195 e. The highest BCUT2D eigenvalue weighted by molar-refractivity contribution is 5.84. The molecule has 0 aromatic heterocycles. The normalized spacial score (nSPS) is 10.7. The average Bonchev–Trinajstić information content (AvgIpc) is 2.70. The monoisotopic (exact) mass is 408 g/mol. The molecule has 4 aromatic rings. The van der Waals surface area contributed by atoms with Gasteiger partial charge in [-0.3, -0.25) is 0 Å². The largest absolute Gasteiger partial charge is 0.206 e. The lowest BCUT2D eigenvalue weighted by Crippen LogP contribution is -1.92. The molecule has 30 heavy (non-hydrogen) atoms. The zero-order valence-corrected chi connectivity index (χ0v) is 15.7. The van der Waals surface area contributed by atoms with E-state index in [2.05, 4.69) is 11.8 Å². The maximum atomic E-state index is 14.1. The third kappa shape index (κ3) is 3.65. The van der Waals surface area contributed by atoms with Crippen molar-refractivity contribution in [2.45, 2.75) is 6.92 Å². The van der Waals surface area contributed by atoms with Gasteiger partial charge in [0.15, 0.2) is 17.5 Å². The molecule has 0 N–H and O–H groups in total. The molecule has 0 nitrogen and oxygen atoms in total. The van der Waals surface area contributed by atoms with E-state index in [4.69, 9.17) is 0 Å². The predicted octanol–water partition coefficient (Wildman–Crippen LogP) is 6.91.